The van der Waals surface area contributed by atoms with Crippen LogP contribution >= 0.6 is 23.5 Å². The number of nitrogens with two attached hydrogens (primary N) is 1. The van der Waals surface area contributed by atoms with Crippen LogP contribution in [0, 0.1) is 0 Å². The fourth-order valence-corrected chi connectivity index (χ4v) is 5.79. The number of hydrogen-bond donors (Lipinski definition) is 7. The molecule has 2 unspecified atom stereocenters. The lowest BCUT2D eigenvalue weighted by Crippen LogP contribution is -2.42. The first-order valence-corrected chi connectivity index (χ1v) is 12.6. The van der Waals surface area contributed by atoms with E-state index in [1.807, 2.05) is 0 Å². The predicted octanol–water partition coefficient (Wildman–Crippen LogP) is -0.727. The van der Waals surface area contributed by atoms with Crippen LogP contribution in [0.15, 0.2) is 18.6 Å². The van der Waals surface area contributed by atoms with Gasteiger partial charge in [-0.05, 0) is 6.07 Å². The van der Waals surface area contributed by atoms with E-state index in [4.69, 9.17) is 25.2 Å². The van der Waals surface area contributed by atoms with Gasteiger partial charge in [0.15, 0.2) is 6.23 Å². The molecule has 0 aliphatic carbocycles. The van der Waals surface area contributed by atoms with Crippen molar-refractivity contribution < 1.29 is 65.8 Å². The van der Waals surface area contributed by atoms with E-state index in [1.165, 1.54) is 12.3 Å². The summed E-state index contributed by atoms with van der Waals surface area (Å²) >= 11 is 0. The van der Waals surface area contributed by atoms with Crippen molar-refractivity contribution in [1.82, 2.24) is 14.5 Å². The van der Waals surface area contributed by atoms with Crippen molar-refractivity contribution in [3.05, 3.63) is 18.6 Å². The van der Waals surface area contributed by atoms with Crippen LogP contribution in [-0.2, 0) is 31.6 Å². The number of ether oxygens (including phenoxy) is 1. The normalized spacial score (nSPS) is 30.3. The Bertz CT molecular complexity index is 1160. The third kappa shape index (κ3) is 5.40. The van der Waals surface area contributed by atoms with Crippen molar-refractivity contribution >= 4 is 40.3 Å². The average molecular weight is 524 g/mol. The zero-order chi connectivity index (χ0) is 24.1. The van der Waals surface area contributed by atoms with Gasteiger partial charge in [-0.15, -0.1) is 0 Å². The summed E-state index contributed by atoms with van der Waals surface area (Å²) in [4.78, 5) is 43.1. The van der Waals surface area contributed by atoms with E-state index in [-0.39, 0.29) is 11.5 Å². The van der Waals surface area contributed by atoms with Crippen molar-refractivity contribution in [2.24, 2.45) is 0 Å². The van der Waals surface area contributed by atoms with E-state index in [9.17, 15) is 28.8 Å². The molecule has 32 heavy (non-hydrogen) atoms. The number of rotatable bonds is 8. The predicted molar refractivity (Wildman–Crippen MR) is 97.7 cm³/mol. The Hall–Kier alpha value is -1.36. The van der Waals surface area contributed by atoms with Crippen LogP contribution in [0.25, 0.3) is 11.0 Å². The lowest BCUT2D eigenvalue weighted by molar-refractivity contribution is -0.203. The van der Waals surface area contributed by atoms with Gasteiger partial charge >= 0.3 is 23.5 Å². The number of alkyl halides is 1. The summed E-state index contributed by atoms with van der Waals surface area (Å²) in [6.07, 6.45) is -3.60. The zero-order valence-corrected chi connectivity index (χ0v) is 18.0. The fourth-order valence-electron chi connectivity index (χ4n) is 2.76. The average Bonchev–Trinajstić information content (AvgIpc) is 3.14. The van der Waals surface area contributed by atoms with E-state index in [0.29, 0.717) is 5.39 Å². The lowest BCUT2D eigenvalue weighted by atomic mass is 10.1. The molecule has 21 heteroatoms. The molecular formula is C11H16FN4O13P3. The summed E-state index contributed by atoms with van der Waals surface area (Å²) in [5.41, 5.74) is 5.77. The highest BCUT2D eigenvalue weighted by atomic mass is 31.3. The van der Waals surface area contributed by atoms with Gasteiger partial charge in [0.25, 0.3) is 5.85 Å². The molecule has 1 saturated heterocycles. The minimum atomic E-state index is -5.84. The molecule has 1 aliphatic heterocycles. The Labute approximate surface area is 176 Å². The van der Waals surface area contributed by atoms with Gasteiger partial charge in [-0.1, -0.05) is 0 Å². The number of aromatic nitrogens is 3. The van der Waals surface area contributed by atoms with Gasteiger partial charge in [0, 0.05) is 6.20 Å². The van der Waals surface area contributed by atoms with Gasteiger partial charge < -0.3 is 44.8 Å². The smallest absolute Gasteiger partial charge is 0.385 e. The molecule has 0 aromatic carbocycles. The molecule has 0 radical (unpaired) electrons. The molecule has 2 aromatic heterocycles. The van der Waals surface area contributed by atoms with E-state index in [0.717, 1.165) is 10.9 Å². The van der Waals surface area contributed by atoms with Crippen molar-refractivity contribution in [3.63, 3.8) is 0 Å². The highest BCUT2D eigenvalue weighted by Crippen LogP contribution is 2.66. The molecule has 1 aliphatic rings. The molecule has 180 valence electrons. The second-order valence-corrected chi connectivity index (χ2v) is 10.7. The third-order valence-electron chi connectivity index (χ3n) is 4.03. The second-order valence-electron chi connectivity index (χ2n) is 6.31. The molecule has 1 fully saturated rings. The number of anilines is 1. The number of aliphatic hydroxyl groups is 2. The summed E-state index contributed by atoms with van der Waals surface area (Å²) in [6.45, 7) is -1.64. The lowest BCUT2D eigenvalue weighted by Gasteiger charge is -2.24. The minimum absolute atomic E-state index is 0.0564. The van der Waals surface area contributed by atoms with Crippen LogP contribution < -0.4 is 5.73 Å². The maximum atomic E-state index is 15.1. The molecule has 2 aromatic rings. The van der Waals surface area contributed by atoms with Gasteiger partial charge in [0.1, 0.15) is 36.6 Å². The monoisotopic (exact) mass is 524 g/mol. The van der Waals surface area contributed by atoms with Gasteiger partial charge in [0.05, 0.1) is 5.39 Å². The first kappa shape index (κ1) is 25.3. The highest BCUT2D eigenvalue weighted by Gasteiger charge is 2.57. The number of phosphoric acid groups is 3. The maximum Gasteiger partial charge on any atom is 0.490 e. The quantitative estimate of drug-likeness (QED) is 0.210. The summed E-state index contributed by atoms with van der Waals surface area (Å²) < 4.78 is 66.0. The number of halogens is 1. The van der Waals surface area contributed by atoms with E-state index < -0.39 is 54.4 Å². The highest BCUT2D eigenvalue weighted by molar-refractivity contribution is 7.66. The first-order chi connectivity index (χ1) is 14.5. The summed E-state index contributed by atoms with van der Waals surface area (Å²) in [5, 5.41) is 20.6. The van der Waals surface area contributed by atoms with Crippen molar-refractivity contribution in [2.75, 3.05) is 12.3 Å². The van der Waals surface area contributed by atoms with E-state index in [1.54, 1.807) is 0 Å². The van der Waals surface area contributed by atoms with Crippen LogP contribution in [-0.4, -0.2) is 69.0 Å². The van der Waals surface area contributed by atoms with Crippen LogP contribution in [0.4, 0.5) is 10.2 Å². The van der Waals surface area contributed by atoms with Crippen LogP contribution in [0.2, 0.25) is 0 Å². The molecular weight excluding hydrogens is 508 g/mol. The third-order valence-corrected chi connectivity index (χ3v) is 7.81. The summed E-state index contributed by atoms with van der Waals surface area (Å²) in [6, 6.07) is 1.41. The first-order valence-electron chi connectivity index (χ1n) is 8.12. The maximum absolute atomic E-state index is 15.1. The standard InChI is InChI=1S/C11H16FN4O13P3/c12-11(3-26-31(22,23)29-32(24,25)28-30(19,20)21)7(18)6(17)10(27-11)16-2-1-5-8(13)14-4-15-9(5)16/h1-2,4,6-7,10,17-18H,3H2,(H,22,23)(H,24,25)(H2,13,14,15)(H2,19,20,21)/t6-,7+,10-,11-/m1/s1. The van der Waals surface area contributed by atoms with Crippen molar-refractivity contribution in [1.29, 1.82) is 0 Å². The topological polar surface area (TPSA) is 266 Å². The molecule has 0 spiro atoms. The Morgan fingerprint density at radius 2 is 1.81 bits per heavy atom. The Kier molecular flexibility index (Phi) is 6.67. The number of aliphatic hydroxyl groups excluding tert-OH is 2. The molecule has 0 saturated carbocycles. The van der Waals surface area contributed by atoms with Crippen LogP contribution in [0.3, 0.4) is 0 Å². The van der Waals surface area contributed by atoms with Gasteiger partial charge in [0.2, 0.25) is 0 Å². The van der Waals surface area contributed by atoms with Crippen molar-refractivity contribution in [2.45, 2.75) is 24.3 Å². The van der Waals surface area contributed by atoms with Gasteiger partial charge in [-0.25, -0.2) is 28.1 Å². The fraction of sp³-hybridized carbons (Fsp3) is 0.455. The van der Waals surface area contributed by atoms with Gasteiger partial charge in [-0.2, -0.15) is 8.62 Å². The number of phosphoric ester groups is 1. The Morgan fingerprint density at radius 3 is 2.44 bits per heavy atom. The number of nitrogen functional groups attached to an aromatic ring is 1. The zero-order valence-electron chi connectivity index (χ0n) is 15.4. The summed E-state index contributed by atoms with van der Waals surface area (Å²) in [5.74, 6) is -3.30. The number of hydrogen-bond acceptors (Lipinski definition) is 12. The van der Waals surface area contributed by atoms with Gasteiger partial charge in [-0.3, -0.25) is 4.52 Å². The number of fused-ring (bicyclic) bond motifs is 1. The van der Waals surface area contributed by atoms with Crippen LogP contribution in [0.1, 0.15) is 6.23 Å². The van der Waals surface area contributed by atoms with Crippen LogP contribution in [0.5, 0.6) is 0 Å². The van der Waals surface area contributed by atoms with E-state index in [2.05, 4.69) is 23.1 Å². The molecule has 8 N–H and O–H groups in total. The largest absolute Gasteiger partial charge is 0.490 e. The molecule has 6 atom stereocenters. The van der Waals surface area contributed by atoms with Crippen molar-refractivity contribution in [3.8, 4) is 0 Å². The van der Waals surface area contributed by atoms with E-state index >= 15 is 4.39 Å². The Morgan fingerprint density at radius 1 is 1.16 bits per heavy atom. The number of nitrogens with zero attached hydrogens (tertiary/aromatic N) is 3. The molecule has 0 bridgehead atoms. The summed E-state index contributed by atoms with van der Waals surface area (Å²) in [7, 11) is -17.2. The molecule has 0 amide bonds. The molecule has 3 heterocycles. The molecule has 17 nitrogen and oxygen atoms in total. The Balaban J connectivity index is 1.76. The molecule has 3 rings (SSSR count). The minimum Gasteiger partial charge on any atom is -0.385 e. The second kappa shape index (κ2) is 8.45. The SMILES string of the molecule is Nc1ncnc2c1ccn2[C@@H]1O[C@](F)(COP(=O)(O)OP(=O)(O)OP(=O)(O)O)[C@@H](O)[C@H]1O.